The lowest BCUT2D eigenvalue weighted by atomic mass is 10.1. The van der Waals surface area contributed by atoms with Crippen molar-refractivity contribution >= 4 is 22.9 Å². The van der Waals surface area contributed by atoms with Gasteiger partial charge in [0.05, 0.1) is 6.04 Å². The summed E-state index contributed by atoms with van der Waals surface area (Å²) < 4.78 is 0. The molecule has 2 aromatic rings. The molecule has 1 aromatic heterocycles. The lowest BCUT2D eigenvalue weighted by Gasteiger charge is -2.18. The fourth-order valence-corrected chi connectivity index (χ4v) is 3.21. The lowest BCUT2D eigenvalue weighted by Crippen LogP contribution is -2.30. The third kappa shape index (κ3) is 4.30. The highest BCUT2D eigenvalue weighted by atomic mass is 35.5. The molecule has 0 saturated heterocycles. The average molecular weight is 309 g/mol. The SMILES string of the molecule is CCc1cnc(C(C)NC(C)Cc2ccc(Cl)cc2)s1. The molecule has 1 heterocycles. The molecule has 108 valence electrons. The molecule has 0 radical (unpaired) electrons. The van der Waals surface area contributed by atoms with Crippen LogP contribution in [0.3, 0.4) is 0 Å². The topological polar surface area (TPSA) is 24.9 Å². The summed E-state index contributed by atoms with van der Waals surface area (Å²) in [5.41, 5.74) is 1.30. The van der Waals surface area contributed by atoms with Crippen LogP contribution in [0.2, 0.25) is 5.02 Å². The Morgan fingerprint density at radius 3 is 2.55 bits per heavy atom. The summed E-state index contributed by atoms with van der Waals surface area (Å²) in [6.07, 6.45) is 4.04. The number of hydrogen-bond donors (Lipinski definition) is 1. The molecule has 4 heteroatoms. The first kappa shape index (κ1) is 15.5. The zero-order valence-electron chi connectivity index (χ0n) is 12.2. The van der Waals surface area contributed by atoms with Crippen LogP contribution in [0.4, 0.5) is 0 Å². The van der Waals surface area contributed by atoms with Gasteiger partial charge in [0.1, 0.15) is 5.01 Å². The summed E-state index contributed by atoms with van der Waals surface area (Å²) in [5.74, 6) is 0. The van der Waals surface area contributed by atoms with Gasteiger partial charge in [-0.15, -0.1) is 11.3 Å². The van der Waals surface area contributed by atoms with Crippen LogP contribution < -0.4 is 5.32 Å². The number of halogens is 1. The van der Waals surface area contributed by atoms with E-state index < -0.39 is 0 Å². The number of rotatable bonds is 6. The van der Waals surface area contributed by atoms with Crippen molar-refractivity contribution in [2.45, 2.75) is 45.7 Å². The highest BCUT2D eigenvalue weighted by Crippen LogP contribution is 2.21. The quantitative estimate of drug-likeness (QED) is 0.841. The molecule has 0 saturated carbocycles. The van der Waals surface area contributed by atoms with Gasteiger partial charge in [-0.1, -0.05) is 30.7 Å². The molecule has 2 unspecified atom stereocenters. The number of benzene rings is 1. The molecule has 2 atom stereocenters. The second-order valence-electron chi connectivity index (χ2n) is 5.14. The number of nitrogens with one attached hydrogen (secondary N) is 1. The second-order valence-corrected chi connectivity index (χ2v) is 6.72. The van der Waals surface area contributed by atoms with E-state index in [1.165, 1.54) is 15.4 Å². The minimum atomic E-state index is 0.294. The predicted octanol–water partition coefficient (Wildman–Crippen LogP) is 4.64. The molecule has 1 aromatic carbocycles. The Balaban J connectivity index is 1.90. The molecule has 20 heavy (non-hydrogen) atoms. The van der Waals surface area contributed by atoms with Crippen molar-refractivity contribution in [1.29, 1.82) is 0 Å². The Labute approximate surface area is 130 Å². The van der Waals surface area contributed by atoms with E-state index in [1.54, 1.807) is 11.3 Å². The first-order valence-corrected chi connectivity index (χ1v) is 8.23. The summed E-state index contributed by atoms with van der Waals surface area (Å²) in [6, 6.07) is 8.76. The van der Waals surface area contributed by atoms with Gasteiger partial charge in [-0.3, -0.25) is 0 Å². The number of nitrogens with zero attached hydrogens (tertiary/aromatic N) is 1. The first-order valence-electron chi connectivity index (χ1n) is 7.03. The molecule has 0 aliphatic carbocycles. The fourth-order valence-electron chi connectivity index (χ4n) is 2.22. The Kier molecular flexibility index (Phi) is 5.58. The smallest absolute Gasteiger partial charge is 0.109 e. The lowest BCUT2D eigenvalue weighted by molar-refractivity contribution is 0.476. The fraction of sp³-hybridized carbons (Fsp3) is 0.438. The van der Waals surface area contributed by atoms with Gasteiger partial charge in [-0.05, 0) is 44.4 Å². The van der Waals surface area contributed by atoms with E-state index >= 15 is 0 Å². The molecule has 2 nitrogen and oxygen atoms in total. The molecule has 2 rings (SSSR count). The molecule has 0 aliphatic heterocycles. The van der Waals surface area contributed by atoms with Gasteiger partial charge < -0.3 is 5.32 Å². The molecular formula is C16H21ClN2S. The summed E-state index contributed by atoms with van der Waals surface area (Å²) in [5, 5.41) is 5.57. The van der Waals surface area contributed by atoms with Crippen molar-refractivity contribution in [3.05, 3.63) is 50.9 Å². The van der Waals surface area contributed by atoms with Crippen LogP contribution in [0.15, 0.2) is 30.5 Å². The maximum absolute atomic E-state index is 5.91. The van der Waals surface area contributed by atoms with Gasteiger partial charge in [-0.2, -0.15) is 0 Å². The maximum Gasteiger partial charge on any atom is 0.109 e. The third-order valence-electron chi connectivity index (χ3n) is 3.28. The number of hydrogen-bond acceptors (Lipinski definition) is 3. The van der Waals surface area contributed by atoms with Crippen molar-refractivity contribution in [2.24, 2.45) is 0 Å². The van der Waals surface area contributed by atoms with Crippen molar-refractivity contribution < 1.29 is 0 Å². The van der Waals surface area contributed by atoms with Crippen LogP contribution in [0, 0.1) is 0 Å². The summed E-state index contributed by atoms with van der Waals surface area (Å²) >= 11 is 7.71. The highest BCUT2D eigenvalue weighted by Gasteiger charge is 2.13. The van der Waals surface area contributed by atoms with Crippen LogP contribution in [0.1, 0.15) is 42.3 Å². The van der Waals surface area contributed by atoms with E-state index in [-0.39, 0.29) is 0 Å². The average Bonchev–Trinajstić information content (AvgIpc) is 2.90. The molecule has 0 fully saturated rings. The van der Waals surface area contributed by atoms with E-state index in [4.69, 9.17) is 11.6 Å². The zero-order chi connectivity index (χ0) is 14.5. The molecule has 0 bridgehead atoms. The second kappa shape index (κ2) is 7.21. The minimum Gasteiger partial charge on any atom is -0.305 e. The Morgan fingerprint density at radius 2 is 1.95 bits per heavy atom. The molecule has 0 aliphatic rings. The van der Waals surface area contributed by atoms with Crippen molar-refractivity contribution in [1.82, 2.24) is 10.3 Å². The predicted molar refractivity (Wildman–Crippen MR) is 87.7 cm³/mol. The minimum absolute atomic E-state index is 0.294. The monoisotopic (exact) mass is 308 g/mol. The van der Waals surface area contributed by atoms with Crippen LogP contribution in [-0.4, -0.2) is 11.0 Å². The zero-order valence-corrected chi connectivity index (χ0v) is 13.8. The Bertz CT molecular complexity index is 536. The van der Waals surface area contributed by atoms with Gasteiger partial charge in [0.15, 0.2) is 0 Å². The molecule has 1 N–H and O–H groups in total. The standard InChI is InChI=1S/C16H21ClN2S/c1-4-15-10-18-16(20-15)12(3)19-11(2)9-13-5-7-14(17)8-6-13/h5-8,10-12,19H,4,9H2,1-3H3. The van der Waals surface area contributed by atoms with E-state index in [1.807, 2.05) is 18.3 Å². The van der Waals surface area contributed by atoms with Gasteiger partial charge in [-0.25, -0.2) is 4.98 Å². The van der Waals surface area contributed by atoms with E-state index in [2.05, 4.69) is 43.2 Å². The first-order chi connectivity index (χ1) is 9.58. The number of aryl methyl sites for hydroxylation is 1. The highest BCUT2D eigenvalue weighted by molar-refractivity contribution is 7.11. The van der Waals surface area contributed by atoms with Crippen LogP contribution in [0.25, 0.3) is 0 Å². The van der Waals surface area contributed by atoms with Crippen molar-refractivity contribution in [3.63, 3.8) is 0 Å². The normalized spacial score (nSPS) is 14.2. The van der Waals surface area contributed by atoms with Gasteiger partial charge in [0, 0.05) is 22.1 Å². The molecule has 0 amide bonds. The maximum atomic E-state index is 5.91. The third-order valence-corrected chi connectivity index (χ3v) is 4.86. The summed E-state index contributed by atoms with van der Waals surface area (Å²) in [6.45, 7) is 6.55. The van der Waals surface area contributed by atoms with E-state index in [0.717, 1.165) is 17.9 Å². The largest absolute Gasteiger partial charge is 0.305 e. The number of thiazole rings is 1. The number of aromatic nitrogens is 1. The molecular weight excluding hydrogens is 288 g/mol. The Hall–Kier alpha value is -0.900. The van der Waals surface area contributed by atoms with Crippen LogP contribution >= 0.6 is 22.9 Å². The Morgan fingerprint density at radius 1 is 1.25 bits per heavy atom. The van der Waals surface area contributed by atoms with Gasteiger partial charge in [0.25, 0.3) is 0 Å². The van der Waals surface area contributed by atoms with Gasteiger partial charge >= 0.3 is 0 Å². The molecule has 0 spiro atoms. The van der Waals surface area contributed by atoms with Crippen LogP contribution in [-0.2, 0) is 12.8 Å². The van der Waals surface area contributed by atoms with Crippen molar-refractivity contribution in [3.8, 4) is 0 Å². The summed E-state index contributed by atoms with van der Waals surface area (Å²) in [7, 11) is 0. The van der Waals surface area contributed by atoms with E-state index in [0.29, 0.717) is 12.1 Å². The van der Waals surface area contributed by atoms with Crippen molar-refractivity contribution in [2.75, 3.05) is 0 Å². The summed E-state index contributed by atoms with van der Waals surface area (Å²) in [4.78, 5) is 5.84. The van der Waals surface area contributed by atoms with Gasteiger partial charge in [0.2, 0.25) is 0 Å². The van der Waals surface area contributed by atoms with Crippen LogP contribution in [0.5, 0.6) is 0 Å². The van der Waals surface area contributed by atoms with E-state index in [9.17, 15) is 0 Å².